The quantitative estimate of drug-likeness (QED) is 0.277. The molecule has 0 aliphatic rings. The van der Waals surface area contributed by atoms with Crippen molar-refractivity contribution in [1.82, 2.24) is 0 Å². The van der Waals surface area contributed by atoms with Crippen molar-refractivity contribution in [2.45, 2.75) is 12.1 Å². The normalized spacial score (nSPS) is 13.3. The average Bonchev–Trinajstić information content (AvgIpc) is 2.84. The summed E-state index contributed by atoms with van der Waals surface area (Å²) in [6, 6.07) is 25.7. The van der Waals surface area contributed by atoms with Gasteiger partial charge < -0.3 is 20.4 Å². The van der Waals surface area contributed by atoms with Gasteiger partial charge in [-0.3, -0.25) is 9.98 Å². The van der Waals surface area contributed by atoms with Crippen molar-refractivity contribution in [3.63, 3.8) is 0 Å². The van der Waals surface area contributed by atoms with Crippen LogP contribution in [0.15, 0.2) is 107 Å². The standard InChI is InChI=1S/C28H24N2O4/c31-23-13-5-1-9-19(23)17-29-27(21-11-3-7-15-25(21)33)28(22-12-4-8-16-26(22)34)30-18-20-10-2-6-14-24(20)32/h1-18,27-28,31-34H/t27-,28-/m0/s1. The maximum atomic E-state index is 10.6. The molecule has 0 radical (unpaired) electrons. The fraction of sp³-hybridized carbons (Fsp3) is 0.0714. The number of para-hydroxylation sites is 4. The molecule has 170 valence electrons. The van der Waals surface area contributed by atoms with Gasteiger partial charge >= 0.3 is 0 Å². The van der Waals surface area contributed by atoms with Gasteiger partial charge in [-0.2, -0.15) is 0 Å². The number of hydrogen-bond donors (Lipinski definition) is 4. The van der Waals surface area contributed by atoms with Gasteiger partial charge in [0.25, 0.3) is 0 Å². The summed E-state index contributed by atoms with van der Waals surface area (Å²) in [5.41, 5.74) is 2.00. The van der Waals surface area contributed by atoms with Gasteiger partial charge in [-0.1, -0.05) is 60.7 Å². The summed E-state index contributed by atoms with van der Waals surface area (Å²) >= 11 is 0. The second kappa shape index (κ2) is 10.4. The minimum atomic E-state index is -0.754. The van der Waals surface area contributed by atoms with Gasteiger partial charge in [-0.15, -0.1) is 0 Å². The van der Waals surface area contributed by atoms with Crippen LogP contribution in [-0.2, 0) is 0 Å². The lowest BCUT2D eigenvalue weighted by molar-refractivity contribution is 0.438. The Kier molecular flexibility index (Phi) is 6.89. The van der Waals surface area contributed by atoms with Crippen molar-refractivity contribution in [3.8, 4) is 23.0 Å². The van der Waals surface area contributed by atoms with E-state index >= 15 is 0 Å². The Morgan fingerprint density at radius 2 is 0.765 bits per heavy atom. The molecule has 0 fully saturated rings. The topological polar surface area (TPSA) is 106 Å². The molecule has 0 saturated heterocycles. The molecule has 0 aliphatic heterocycles. The smallest absolute Gasteiger partial charge is 0.124 e. The van der Waals surface area contributed by atoms with E-state index in [9.17, 15) is 20.4 Å². The van der Waals surface area contributed by atoms with Crippen LogP contribution in [0.1, 0.15) is 34.3 Å². The molecule has 0 aliphatic carbocycles. The summed E-state index contributed by atoms with van der Waals surface area (Å²) in [7, 11) is 0. The third-order valence-corrected chi connectivity index (χ3v) is 5.43. The van der Waals surface area contributed by atoms with Gasteiger partial charge in [0.15, 0.2) is 0 Å². The lowest BCUT2D eigenvalue weighted by Crippen LogP contribution is -2.10. The number of phenolic OH excluding ortho intramolecular Hbond substituents is 4. The lowest BCUT2D eigenvalue weighted by Gasteiger charge is -2.23. The van der Waals surface area contributed by atoms with Crippen molar-refractivity contribution in [3.05, 3.63) is 119 Å². The third kappa shape index (κ3) is 5.07. The van der Waals surface area contributed by atoms with Crippen LogP contribution in [0, 0.1) is 0 Å². The molecule has 0 amide bonds. The number of rotatable bonds is 7. The van der Waals surface area contributed by atoms with Gasteiger partial charge in [0.05, 0.1) is 0 Å². The molecule has 0 heterocycles. The molecular weight excluding hydrogens is 428 g/mol. The van der Waals surface area contributed by atoms with E-state index in [-0.39, 0.29) is 23.0 Å². The second-order valence-corrected chi connectivity index (χ2v) is 7.68. The molecule has 4 aromatic rings. The van der Waals surface area contributed by atoms with Crippen molar-refractivity contribution in [2.24, 2.45) is 9.98 Å². The van der Waals surface area contributed by atoms with Gasteiger partial charge in [0.2, 0.25) is 0 Å². The van der Waals surface area contributed by atoms with Gasteiger partial charge in [0, 0.05) is 34.7 Å². The van der Waals surface area contributed by atoms with Crippen LogP contribution in [-0.4, -0.2) is 32.9 Å². The highest BCUT2D eigenvalue weighted by molar-refractivity contribution is 5.84. The summed E-state index contributed by atoms with van der Waals surface area (Å²) < 4.78 is 0. The van der Waals surface area contributed by atoms with Crippen molar-refractivity contribution < 1.29 is 20.4 Å². The second-order valence-electron chi connectivity index (χ2n) is 7.68. The predicted molar refractivity (Wildman–Crippen MR) is 133 cm³/mol. The molecule has 6 heteroatoms. The number of aromatic hydroxyl groups is 4. The highest BCUT2D eigenvalue weighted by atomic mass is 16.3. The number of benzene rings is 4. The first kappa shape index (κ1) is 22.6. The zero-order valence-corrected chi connectivity index (χ0v) is 18.2. The first-order valence-electron chi connectivity index (χ1n) is 10.7. The Hall–Kier alpha value is -4.58. The Bertz CT molecular complexity index is 1230. The van der Waals surface area contributed by atoms with E-state index in [1.54, 1.807) is 97.1 Å². The Morgan fingerprint density at radius 1 is 0.441 bits per heavy atom. The Labute approximate surface area is 197 Å². The van der Waals surface area contributed by atoms with E-state index in [2.05, 4.69) is 0 Å². The minimum Gasteiger partial charge on any atom is -0.508 e. The largest absolute Gasteiger partial charge is 0.508 e. The predicted octanol–water partition coefficient (Wildman–Crippen LogP) is 5.53. The molecule has 0 spiro atoms. The number of phenols is 4. The number of hydrogen-bond acceptors (Lipinski definition) is 6. The first-order chi connectivity index (χ1) is 16.5. The van der Waals surface area contributed by atoms with Gasteiger partial charge in [0.1, 0.15) is 35.1 Å². The zero-order valence-electron chi connectivity index (χ0n) is 18.2. The summed E-state index contributed by atoms with van der Waals surface area (Å²) in [4.78, 5) is 9.41. The Balaban J connectivity index is 1.87. The van der Waals surface area contributed by atoms with Crippen LogP contribution in [0.25, 0.3) is 0 Å². The van der Waals surface area contributed by atoms with Crippen molar-refractivity contribution >= 4 is 12.4 Å². The number of aliphatic imine (C=N–C) groups is 2. The van der Waals surface area contributed by atoms with Gasteiger partial charge in [-0.25, -0.2) is 0 Å². The highest BCUT2D eigenvalue weighted by Crippen LogP contribution is 2.42. The fourth-order valence-corrected chi connectivity index (χ4v) is 3.65. The summed E-state index contributed by atoms with van der Waals surface area (Å²) in [6.07, 6.45) is 3.05. The molecule has 0 bridgehead atoms. The molecule has 34 heavy (non-hydrogen) atoms. The van der Waals surface area contributed by atoms with Crippen LogP contribution in [0.4, 0.5) is 0 Å². The number of nitrogens with zero attached hydrogens (tertiary/aromatic N) is 2. The van der Waals surface area contributed by atoms with E-state index in [0.29, 0.717) is 22.3 Å². The van der Waals surface area contributed by atoms with Crippen molar-refractivity contribution in [1.29, 1.82) is 0 Å². The molecule has 4 rings (SSSR count). The summed E-state index contributed by atoms with van der Waals surface area (Å²) in [5, 5.41) is 41.7. The van der Waals surface area contributed by atoms with E-state index in [1.165, 1.54) is 12.4 Å². The van der Waals surface area contributed by atoms with E-state index < -0.39 is 12.1 Å². The molecule has 2 atom stereocenters. The molecular formula is C28H24N2O4. The SMILES string of the molecule is Oc1ccccc1C=N[C@@H](c1ccccc1O)[C@@H](N=Cc1ccccc1O)c1ccccc1O. The van der Waals surface area contributed by atoms with E-state index in [1.807, 2.05) is 0 Å². The monoisotopic (exact) mass is 452 g/mol. The Morgan fingerprint density at radius 3 is 1.12 bits per heavy atom. The van der Waals surface area contributed by atoms with Gasteiger partial charge in [-0.05, 0) is 36.4 Å². The highest BCUT2D eigenvalue weighted by Gasteiger charge is 2.27. The third-order valence-electron chi connectivity index (χ3n) is 5.43. The van der Waals surface area contributed by atoms with Crippen LogP contribution in [0.3, 0.4) is 0 Å². The maximum absolute atomic E-state index is 10.6. The van der Waals surface area contributed by atoms with Crippen LogP contribution >= 0.6 is 0 Å². The first-order valence-corrected chi connectivity index (χ1v) is 10.7. The van der Waals surface area contributed by atoms with E-state index in [0.717, 1.165) is 0 Å². The summed E-state index contributed by atoms with van der Waals surface area (Å²) in [5.74, 6) is 0.193. The summed E-state index contributed by atoms with van der Waals surface area (Å²) in [6.45, 7) is 0. The maximum Gasteiger partial charge on any atom is 0.124 e. The molecule has 6 nitrogen and oxygen atoms in total. The van der Waals surface area contributed by atoms with Crippen LogP contribution in [0.5, 0.6) is 23.0 Å². The van der Waals surface area contributed by atoms with Crippen LogP contribution in [0.2, 0.25) is 0 Å². The molecule has 4 N–H and O–H groups in total. The minimum absolute atomic E-state index is 0.0279. The average molecular weight is 453 g/mol. The molecule has 0 saturated carbocycles. The molecule has 0 aromatic heterocycles. The van der Waals surface area contributed by atoms with Crippen molar-refractivity contribution in [2.75, 3.05) is 0 Å². The molecule has 0 unspecified atom stereocenters. The van der Waals surface area contributed by atoms with Crippen LogP contribution < -0.4 is 0 Å². The molecule has 4 aromatic carbocycles. The lowest BCUT2D eigenvalue weighted by atomic mass is 9.92. The fourth-order valence-electron chi connectivity index (χ4n) is 3.65. The van der Waals surface area contributed by atoms with E-state index in [4.69, 9.17) is 9.98 Å². The zero-order chi connectivity index (χ0) is 23.9.